The molecule has 1 saturated heterocycles. The van der Waals surface area contributed by atoms with Crippen LogP contribution in [0.2, 0.25) is 0 Å². The zero-order valence-electron chi connectivity index (χ0n) is 19.4. The van der Waals surface area contributed by atoms with E-state index in [9.17, 15) is 9.90 Å². The van der Waals surface area contributed by atoms with E-state index in [4.69, 9.17) is 4.74 Å². The number of nitrogens with zero attached hydrogens (tertiary/aromatic N) is 1. The van der Waals surface area contributed by atoms with Gasteiger partial charge in [-0.2, -0.15) is 0 Å². The normalized spacial score (nSPS) is 25.5. The van der Waals surface area contributed by atoms with Crippen LogP contribution in [0.5, 0.6) is 5.75 Å². The van der Waals surface area contributed by atoms with Gasteiger partial charge >= 0.3 is 5.97 Å². The summed E-state index contributed by atoms with van der Waals surface area (Å²) in [4.78, 5) is 12.7. The summed E-state index contributed by atoms with van der Waals surface area (Å²) in [6.07, 6.45) is 0.168. The molecule has 2 unspecified atom stereocenters. The lowest BCUT2D eigenvalue weighted by Gasteiger charge is -2.32. The van der Waals surface area contributed by atoms with E-state index < -0.39 is 0 Å². The van der Waals surface area contributed by atoms with Crippen LogP contribution in [-0.4, -0.2) is 42.3 Å². The summed E-state index contributed by atoms with van der Waals surface area (Å²) in [6.45, 7) is 5.93. The number of phenolic OH excluding ortho intramolecular Hbond substituents is 1. The SMILES string of the molecule is Cc1ccc(-c2c(O)cccc2CC(=O)OCC2C3C[N+](C)(Cc4ccccc4)CC23)cc1. The Kier molecular flexibility index (Phi) is 5.71. The molecule has 0 spiro atoms. The number of hydrogen-bond donors (Lipinski definition) is 1. The van der Waals surface area contributed by atoms with E-state index in [1.54, 1.807) is 12.1 Å². The van der Waals surface area contributed by atoms with Crippen molar-refractivity contribution in [3.8, 4) is 16.9 Å². The lowest BCUT2D eigenvalue weighted by molar-refractivity contribution is -0.916. The first-order valence-corrected chi connectivity index (χ1v) is 11.8. The summed E-state index contributed by atoms with van der Waals surface area (Å²) in [7, 11) is 2.34. The second-order valence-electron chi connectivity index (χ2n) is 10.2. The van der Waals surface area contributed by atoms with Crippen LogP contribution < -0.4 is 0 Å². The highest BCUT2D eigenvalue weighted by Crippen LogP contribution is 2.54. The fraction of sp³-hybridized carbons (Fsp3) is 0.345. The first kappa shape index (κ1) is 21.7. The molecular formula is C29H32NO3+. The topological polar surface area (TPSA) is 46.5 Å². The molecule has 0 aromatic heterocycles. The third-order valence-corrected chi connectivity index (χ3v) is 7.46. The first-order valence-electron chi connectivity index (χ1n) is 11.8. The van der Waals surface area contributed by atoms with Gasteiger partial charge in [0.2, 0.25) is 0 Å². The maximum absolute atomic E-state index is 12.7. The fourth-order valence-electron chi connectivity index (χ4n) is 5.74. The minimum absolute atomic E-state index is 0.168. The second-order valence-corrected chi connectivity index (χ2v) is 10.2. The van der Waals surface area contributed by atoms with Gasteiger partial charge in [0, 0.05) is 28.9 Å². The lowest BCUT2D eigenvalue weighted by Crippen LogP contribution is -2.43. The summed E-state index contributed by atoms with van der Waals surface area (Å²) in [6, 6.07) is 24.0. The Balaban J connectivity index is 1.16. The van der Waals surface area contributed by atoms with E-state index in [0.717, 1.165) is 40.8 Å². The summed E-state index contributed by atoms with van der Waals surface area (Å²) >= 11 is 0. The smallest absolute Gasteiger partial charge is 0.310 e. The molecule has 4 nitrogen and oxygen atoms in total. The van der Waals surface area contributed by atoms with Crippen LogP contribution in [-0.2, 0) is 22.5 Å². The molecule has 1 saturated carbocycles. The Morgan fingerprint density at radius 3 is 2.36 bits per heavy atom. The molecule has 3 aromatic rings. The molecule has 0 radical (unpaired) electrons. The van der Waals surface area contributed by atoms with Crippen molar-refractivity contribution in [2.45, 2.75) is 19.9 Å². The molecule has 33 heavy (non-hydrogen) atoms. The molecule has 2 atom stereocenters. The van der Waals surface area contributed by atoms with E-state index in [-0.39, 0.29) is 18.1 Å². The number of likely N-dealkylation sites (tertiary alicyclic amines) is 1. The van der Waals surface area contributed by atoms with Crippen molar-refractivity contribution in [1.29, 1.82) is 0 Å². The van der Waals surface area contributed by atoms with Crippen molar-refractivity contribution in [2.75, 3.05) is 26.7 Å². The van der Waals surface area contributed by atoms with Gasteiger partial charge in [-0.1, -0.05) is 72.3 Å². The summed E-state index contributed by atoms with van der Waals surface area (Å²) in [5.74, 6) is 1.79. The molecule has 1 aliphatic heterocycles. The number of phenols is 1. The minimum atomic E-state index is -0.222. The number of aryl methyl sites for hydroxylation is 1. The van der Waals surface area contributed by atoms with E-state index in [0.29, 0.717) is 29.9 Å². The lowest BCUT2D eigenvalue weighted by atomic mass is 9.96. The highest BCUT2D eigenvalue weighted by Gasteiger charge is 2.62. The van der Waals surface area contributed by atoms with Crippen molar-refractivity contribution in [1.82, 2.24) is 0 Å². The van der Waals surface area contributed by atoms with Crippen molar-refractivity contribution in [2.24, 2.45) is 17.8 Å². The molecule has 3 aromatic carbocycles. The van der Waals surface area contributed by atoms with Crippen LogP contribution in [0.4, 0.5) is 0 Å². The van der Waals surface area contributed by atoms with Crippen LogP contribution in [0.15, 0.2) is 72.8 Å². The average molecular weight is 443 g/mol. The Hall–Kier alpha value is -3.11. The van der Waals surface area contributed by atoms with Crippen molar-refractivity contribution in [3.63, 3.8) is 0 Å². The third-order valence-electron chi connectivity index (χ3n) is 7.46. The van der Waals surface area contributed by atoms with Crippen molar-refractivity contribution >= 4 is 5.97 Å². The zero-order valence-corrected chi connectivity index (χ0v) is 19.4. The highest BCUT2D eigenvalue weighted by molar-refractivity contribution is 5.80. The van der Waals surface area contributed by atoms with Crippen LogP contribution in [0.1, 0.15) is 16.7 Å². The van der Waals surface area contributed by atoms with E-state index in [1.807, 2.05) is 37.3 Å². The minimum Gasteiger partial charge on any atom is -0.507 e. The number of ether oxygens (including phenoxy) is 1. The van der Waals surface area contributed by atoms with Gasteiger partial charge in [0.1, 0.15) is 12.3 Å². The van der Waals surface area contributed by atoms with E-state index in [1.165, 1.54) is 5.56 Å². The van der Waals surface area contributed by atoms with Crippen LogP contribution >= 0.6 is 0 Å². The predicted molar refractivity (Wildman–Crippen MR) is 129 cm³/mol. The molecular weight excluding hydrogens is 410 g/mol. The highest BCUT2D eigenvalue weighted by atomic mass is 16.5. The molecule has 5 rings (SSSR count). The number of hydrogen-bond acceptors (Lipinski definition) is 3. The Bertz CT molecular complexity index is 1130. The number of carbonyl (C=O) groups excluding carboxylic acids is 1. The Morgan fingerprint density at radius 2 is 1.67 bits per heavy atom. The van der Waals surface area contributed by atoms with Crippen LogP contribution in [0.3, 0.4) is 0 Å². The molecule has 4 heteroatoms. The van der Waals surface area contributed by atoms with Crippen LogP contribution in [0.25, 0.3) is 11.1 Å². The van der Waals surface area contributed by atoms with Crippen LogP contribution in [0, 0.1) is 24.7 Å². The maximum atomic E-state index is 12.7. The van der Waals surface area contributed by atoms with Crippen molar-refractivity contribution < 1.29 is 19.1 Å². The number of esters is 1. The largest absolute Gasteiger partial charge is 0.507 e. The van der Waals surface area contributed by atoms with Crippen molar-refractivity contribution in [3.05, 3.63) is 89.5 Å². The number of aromatic hydroxyl groups is 1. The maximum Gasteiger partial charge on any atom is 0.310 e. The number of rotatable bonds is 7. The summed E-state index contributed by atoms with van der Waals surface area (Å²) in [5.41, 5.74) is 4.97. The molecule has 2 fully saturated rings. The summed E-state index contributed by atoms with van der Waals surface area (Å²) < 4.78 is 6.79. The van der Waals surface area contributed by atoms with Gasteiger partial charge < -0.3 is 14.3 Å². The monoisotopic (exact) mass is 442 g/mol. The Labute approximate surface area is 196 Å². The predicted octanol–water partition coefficient (Wildman–Crippen LogP) is 4.98. The van der Waals surface area contributed by atoms with E-state index >= 15 is 0 Å². The number of benzene rings is 3. The van der Waals surface area contributed by atoms with Gasteiger partial charge in [-0.25, -0.2) is 0 Å². The van der Waals surface area contributed by atoms with Gasteiger partial charge in [-0.3, -0.25) is 4.79 Å². The second kappa shape index (κ2) is 8.68. The number of quaternary nitrogens is 1. The molecule has 1 heterocycles. The molecule has 1 aliphatic carbocycles. The van der Waals surface area contributed by atoms with E-state index in [2.05, 4.69) is 37.4 Å². The Morgan fingerprint density at radius 1 is 0.970 bits per heavy atom. The summed E-state index contributed by atoms with van der Waals surface area (Å²) in [5, 5.41) is 10.5. The third kappa shape index (κ3) is 4.67. The standard InChI is InChI=1S/C29H31NO3/c1-20-11-13-22(14-12-20)29-23(9-6-10-27(29)31)15-28(32)33-19-26-24-17-30(2,18-25(24)26)16-21-7-4-3-5-8-21/h3-14,24-26H,15-19H2,1-2H3/p+1. The first-order chi connectivity index (χ1) is 15.9. The van der Waals surface area contributed by atoms with Gasteiger partial charge in [0.25, 0.3) is 0 Å². The van der Waals surface area contributed by atoms with Gasteiger partial charge in [0.15, 0.2) is 0 Å². The number of fused-ring (bicyclic) bond motifs is 1. The number of piperidine rings is 1. The van der Waals surface area contributed by atoms with Gasteiger partial charge in [0.05, 0.1) is 33.2 Å². The zero-order chi connectivity index (χ0) is 23.0. The fourth-order valence-corrected chi connectivity index (χ4v) is 5.74. The molecule has 0 bridgehead atoms. The molecule has 2 aliphatic rings. The molecule has 0 amide bonds. The average Bonchev–Trinajstić information content (AvgIpc) is 3.28. The van der Waals surface area contributed by atoms with Gasteiger partial charge in [-0.05, 0) is 24.1 Å². The van der Waals surface area contributed by atoms with Gasteiger partial charge in [-0.15, -0.1) is 0 Å². The molecule has 170 valence electrons. The molecule has 1 N–H and O–H groups in total. The quantitative estimate of drug-likeness (QED) is 0.415. The number of carbonyl (C=O) groups is 1.